The average Bonchev–Trinajstić information content (AvgIpc) is 2.46. The van der Waals surface area contributed by atoms with Crippen molar-refractivity contribution in [1.29, 1.82) is 0 Å². The summed E-state index contributed by atoms with van der Waals surface area (Å²) in [6, 6.07) is 5.78. The van der Waals surface area contributed by atoms with Crippen molar-refractivity contribution >= 4 is 5.97 Å². The van der Waals surface area contributed by atoms with E-state index >= 15 is 0 Å². The molecule has 0 saturated carbocycles. The normalized spacial score (nSPS) is 18.6. The summed E-state index contributed by atoms with van der Waals surface area (Å²) in [5.41, 5.74) is 1.63. The molecule has 1 N–H and O–H groups in total. The Kier molecular flexibility index (Phi) is 4.10. The number of ether oxygens (including phenoxy) is 2. The van der Waals surface area contributed by atoms with Crippen LogP contribution in [0.2, 0.25) is 0 Å². The highest BCUT2D eigenvalue weighted by Crippen LogP contribution is 2.38. The van der Waals surface area contributed by atoms with Crippen molar-refractivity contribution in [2.24, 2.45) is 0 Å². The SMILES string of the molecule is COc1ccc(C2CC=C(C(=O)O)CC2)c(OC)c1. The molecule has 2 rings (SSSR count). The van der Waals surface area contributed by atoms with Crippen molar-refractivity contribution in [2.75, 3.05) is 14.2 Å². The number of hydrogen-bond donors (Lipinski definition) is 1. The lowest BCUT2D eigenvalue weighted by Crippen LogP contribution is -2.10. The van der Waals surface area contributed by atoms with Crippen molar-refractivity contribution in [1.82, 2.24) is 0 Å². The van der Waals surface area contributed by atoms with E-state index in [1.54, 1.807) is 14.2 Å². The maximum Gasteiger partial charge on any atom is 0.331 e. The Hall–Kier alpha value is -1.97. The van der Waals surface area contributed by atoms with Crippen molar-refractivity contribution < 1.29 is 19.4 Å². The van der Waals surface area contributed by atoms with Crippen LogP contribution in [0.15, 0.2) is 29.8 Å². The van der Waals surface area contributed by atoms with Crippen LogP contribution in [-0.4, -0.2) is 25.3 Å². The summed E-state index contributed by atoms with van der Waals surface area (Å²) >= 11 is 0. The highest BCUT2D eigenvalue weighted by Gasteiger charge is 2.22. The molecule has 0 saturated heterocycles. The van der Waals surface area contributed by atoms with E-state index < -0.39 is 5.97 Å². The molecule has 0 aromatic heterocycles. The molecule has 0 aliphatic heterocycles. The van der Waals surface area contributed by atoms with Gasteiger partial charge in [-0.2, -0.15) is 0 Å². The second kappa shape index (κ2) is 5.78. The Morgan fingerprint density at radius 2 is 2.11 bits per heavy atom. The number of hydrogen-bond acceptors (Lipinski definition) is 3. The van der Waals surface area contributed by atoms with Crippen LogP contribution >= 0.6 is 0 Å². The second-order valence-electron chi connectivity index (χ2n) is 4.61. The molecule has 0 heterocycles. The minimum absolute atomic E-state index is 0.309. The zero-order valence-electron chi connectivity index (χ0n) is 11.2. The van der Waals surface area contributed by atoms with E-state index in [1.807, 2.05) is 24.3 Å². The maximum absolute atomic E-state index is 10.9. The number of carboxylic acids is 1. The standard InChI is InChI=1S/C15H18O4/c1-18-12-7-8-13(14(9-12)19-2)10-3-5-11(6-4-10)15(16)17/h5,7-10H,3-4,6H2,1-2H3,(H,16,17). The highest BCUT2D eigenvalue weighted by molar-refractivity contribution is 5.86. The third-order valence-electron chi connectivity index (χ3n) is 3.57. The highest BCUT2D eigenvalue weighted by atomic mass is 16.5. The number of rotatable bonds is 4. The summed E-state index contributed by atoms with van der Waals surface area (Å²) < 4.78 is 10.6. The van der Waals surface area contributed by atoms with E-state index in [0.29, 0.717) is 17.9 Å². The van der Waals surface area contributed by atoms with Crippen LogP contribution in [0.25, 0.3) is 0 Å². The molecule has 1 aliphatic carbocycles. The number of aliphatic carboxylic acids is 1. The molecule has 1 atom stereocenters. The van der Waals surface area contributed by atoms with Gasteiger partial charge in [-0.3, -0.25) is 0 Å². The van der Waals surface area contributed by atoms with E-state index in [0.717, 1.165) is 29.9 Å². The van der Waals surface area contributed by atoms with E-state index in [1.165, 1.54) is 0 Å². The zero-order valence-corrected chi connectivity index (χ0v) is 11.2. The third kappa shape index (κ3) is 2.89. The molecule has 0 fully saturated rings. The summed E-state index contributed by atoms with van der Waals surface area (Å²) in [6.07, 6.45) is 4.00. The third-order valence-corrected chi connectivity index (χ3v) is 3.57. The fourth-order valence-electron chi connectivity index (χ4n) is 2.47. The predicted octanol–water partition coefficient (Wildman–Crippen LogP) is 2.98. The number of methoxy groups -OCH3 is 2. The topological polar surface area (TPSA) is 55.8 Å². The molecule has 0 radical (unpaired) electrons. The molecule has 1 unspecified atom stereocenters. The molecule has 0 spiro atoms. The van der Waals surface area contributed by atoms with E-state index in [4.69, 9.17) is 14.6 Å². The molecule has 102 valence electrons. The van der Waals surface area contributed by atoms with Crippen LogP contribution in [0.4, 0.5) is 0 Å². The van der Waals surface area contributed by atoms with Gasteiger partial charge in [0.15, 0.2) is 0 Å². The van der Waals surface area contributed by atoms with E-state index in [-0.39, 0.29) is 0 Å². The van der Waals surface area contributed by atoms with Gasteiger partial charge in [-0.25, -0.2) is 4.79 Å². The first-order valence-corrected chi connectivity index (χ1v) is 6.30. The number of benzene rings is 1. The fraction of sp³-hybridized carbons (Fsp3) is 0.400. The second-order valence-corrected chi connectivity index (χ2v) is 4.61. The number of allylic oxidation sites excluding steroid dienone is 1. The van der Waals surface area contributed by atoms with Crippen molar-refractivity contribution in [3.8, 4) is 11.5 Å². The van der Waals surface area contributed by atoms with Gasteiger partial charge in [-0.05, 0) is 36.8 Å². The molecule has 1 aromatic rings. The van der Waals surface area contributed by atoms with Gasteiger partial charge in [0, 0.05) is 11.6 Å². The molecule has 4 heteroatoms. The van der Waals surface area contributed by atoms with Crippen LogP contribution in [0.5, 0.6) is 11.5 Å². The quantitative estimate of drug-likeness (QED) is 0.906. The smallest absolute Gasteiger partial charge is 0.331 e. The zero-order chi connectivity index (χ0) is 13.8. The predicted molar refractivity (Wildman–Crippen MR) is 71.9 cm³/mol. The molecule has 4 nitrogen and oxygen atoms in total. The van der Waals surface area contributed by atoms with Gasteiger partial charge in [-0.15, -0.1) is 0 Å². The van der Waals surface area contributed by atoms with Gasteiger partial charge in [0.25, 0.3) is 0 Å². The number of carboxylic acid groups (broad SMARTS) is 1. The lowest BCUT2D eigenvalue weighted by atomic mass is 9.84. The molecule has 19 heavy (non-hydrogen) atoms. The Morgan fingerprint density at radius 3 is 2.63 bits per heavy atom. The summed E-state index contributed by atoms with van der Waals surface area (Å²) in [5.74, 6) is 1.07. The molecule has 0 bridgehead atoms. The van der Waals surface area contributed by atoms with Gasteiger partial charge in [0.05, 0.1) is 14.2 Å². The van der Waals surface area contributed by atoms with Crippen LogP contribution in [0.3, 0.4) is 0 Å². The first kappa shape index (κ1) is 13.5. The van der Waals surface area contributed by atoms with Gasteiger partial charge in [0.2, 0.25) is 0 Å². The van der Waals surface area contributed by atoms with Gasteiger partial charge in [-0.1, -0.05) is 12.1 Å². The van der Waals surface area contributed by atoms with Crippen LogP contribution in [-0.2, 0) is 4.79 Å². The largest absolute Gasteiger partial charge is 0.497 e. The Morgan fingerprint density at radius 1 is 1.32 bits per heavy atom. The fourth-order valence-corrected chi connectivity index (χ4v) is 2.47. The first-order valence-electron chi connectivity index (χ1n) is 6.30. The lowest BCUT2D eigenvalue weighted by Gasteiger charge is -2.22. The summed E-state index contributed by atoms with van der Waals surface area (Å²) in [4.78, 5) is 10.9. The molecule has 1 aromatic carbocycles. The Bertz CT molecular complexity index is 505. The Labute approximate surface area is 112 Å². The van der Waals surface area contributed by atoms with Crippen molar-refractivity contribution in [3.05, 3.63) is 35.4 Å². The molecular formula is C15H18O4. The van der Waals surface area contributed by atoms with Crippen LogP contribution in [0.1, 0.15) is 30.7 Å². The summed E-state index contributed by atoms with van der Waals surface area (Å²) in [5, 5.41) is 8.95. The monoisotopic (exact) mass is 262 g/mol. The first-order chi connectivity index (χ1) is 9.15. The minimum Gasteiger partial charge on any atom is -0.497 e. The van der Waals surface area contributed by atoms with Gasteiger partial charge in [0.1, 0.15) is 11.5 Å². The Balaban J connectivity index is 2.22. The van der Waals surface area contributed by atoms with E-state index in [2.05, 4.69) is 0 Å². The van der Waals surface area contributed by atoms with Gasteiger partial charge >= 0.3 is 5.97 Å². The summed E-state index contributed by atoms with van der Waals surface area (Å²) in [6.45, 7) is 0. The van der Waals surface area contributed by atoms with Gasteiger partial charge < -0.3 is 14.6 Å². The van der Waals surface area contributed by atoms with Crippen LogP contribution in [0, 0.1) is 0 Å². The maximum atomic E-state index is 10.9. The molecule has 0 amide bonds. The van der Waals surface area contributed by atoms with Crippen LogP contribution < -0.4 is 9.47 Å². The summed E-state index contributed by atoms with van der Waals surface area (Å²) in [7, 11) is 3.26. The van der Waals surface area contributed by atoms with E-state index in [9.17, 15) is 4.79 Å². The lowest BCUT2D eigenvalue weighted by molar-refractivity contribution is -0.132. The minimum atomic E-state index is -0.805. The molecular weight excluding hydrogens is 244 g/mol. The van der Waals surface area contributed by atoms with Crippen molar-refractivity contribution in [2.45, 2.75) is 25.2 Å². The average molecular weight is 262 g/mol. The van der Waals surface area contributed by atoms with Crippen molar-refractivity contribution in [3.63, 3.8) is 0 Å². The number of carbonyl (C=O) groups is 1. The molecule has 1 aliphatic rings.